The molecule has 0 fully saturated rings. The van der Waals surface area contributed by atoms with Crippen LogP contribution in [-0.2, 0) is 11.3 Å². The van der Waals surface area contributed by atoms with E-state index in [0.29, 0.717) is 16.7 Å². The molecule has 0 saturated carbocycles. The van der Waals surface area contributed by atoms with E-state index < -0.39 is 11.8 Å². The molecule has 0 aliphatic carbocycles. The largest absolute Gasteiger partial charge is 0.457 e. The van der Waals surface area contributed by atoms with Gasteiger partial charge in [0.25, 0.3) is 0 Å². The topological polar surface area (TPSA) is 52.3 Å². The molecule has 5 heteroatoms. The van der Waals surface area contributed by atoms with Crippen molar-refractivity contribution in [2.75, 3.05) is 5.73 Å². The number of nitrogen functional groups attached to an aromatic ring is 1. The molecular weight excluding hydrogens is 276 g/mol. The van der Waals surface area contributed by atoms with Gasteiger partial charge in [0, 0.05) is 11.3 Å². The highest BCUT2D eigenvalue weighted by atomic mass is 19.1. The molecule has 2 aromatic rings. The summed E-state index contributed by atoms with van der Waals surface area (Å²) in [6.07, 6.45) is 0. The molecule has 0 aliphatic rings. The van der Waals surface area contributed by atoms with Gasteiger partial charge in [-0.25, -0.2) is 13.6 Å². The summed E-state index contributed by atoms with van der Waals surface area (Å²) in [6, 6.07) is 6.65. The van der Waals surface area contributed by atoms with Crippen LogP contribution in [0.15, 0.2) is 30.3 Å². The Kier molecular flexibility index (Phi) is 4.21. The zero-order valence-corrected chi connectivity index (χ0v) is 11.7. The van der Waals surface area contributed by atoms with Crippen molar-refractivity contribution in [3.63, 3.8) is 0 Å². The Morgan fingerprint density at radius 2 is 1.90 bits per heavy atom. The van der Waals surface area contributed by atoms with E-state index in [-0.39, 0.29) is 23.7 Å². The maximum atomic E-state index is 13.5. The standard InChI is InChI=1S/C16H15F2NO2/c1-9-5-13(17)4-3-11(9)8-21-16(20)12-6-14(18)10(2)15(19)7-12/h3-7H,8,19H2,1-2H3. The van der Waals surface area contributed by atoms with Crippen LogP contribution in [0.5, 0.6) is 0 Å². The molecule has 0 atom stereocenters. The first-order valence-corrected chi connectivity index (χ1v) is 6.36. The van der Waals surface area contributed by atoms with Crippen molar-refractivity contribution in [2.24, 2.45) is 0 Å². The molecule has 0 unspecified atom stereocenters. The fraction of sp³-hybridized carbons (Fsp3) is 0.188. The Morgan fingerprint density at radius 1 is 1.19 bits per heavy atom. The van der Waals surface area contributed by atoms with Crippen LogP contribution >= 0.6 is 0 Å². The predicted molar refractivity (Wildman–Crippen MR) is 75.8 cm³/mol. The first-order valence-electron chi connectivity index (χ1n) is 6.36. The Balaban J connectivity index is 2.12. The summed E-state index contributed by atoms with van der Waals surface area (Å²) >= 11 is 0. The molecule has 0 heterocycles. The molecule has 2 rings (SSSR count). The van der Waals surface area contributed by atoms with Gasteiger partial charge in [0.15, 0.2) is 0 Å². The van der Waals surface area contributed by atoms with Crippen LogP contribution in [0.1, 0.15) is 27.0 Å². The lowest BCUT2D eigenvalue weighted by atomic mass is 10.1. The van der Waals surface area contributed by atoms with Crippen LogP contribution in [-0.4, -0.2) is 5.97 Å². The summed E-state index contributed by atoms with van der Waals surface area (Å²) < 4.78 is 31.6. The van der Waals surface area contributed by atoms with Gasteiger partial charge in [-0.1, -0.05) is 6.07 Å². The van der Waals surface area contributed by atoms with Crippen molar-refractivity contribution >= 4 is 11.7 Å². The van der Waals surface area contributed by atoms with E-state index in [0.717, 1.165) is 6.07 Å². The molecule has 0 aliphatic heterocycles. The number of nitrogens with two attached hydrogens (primary N) is 1. The van der Waals surface area contributed by atoms with E-state index >= 15 is 0 Å². The second-order valence-electron chi connectivity index (χ2n) is 4.82. The molecule has 0 bridgehead atoms. The number of carbonyl (C=O) groups is 1. The zero-order chi connectivity index (χ0) is 15.6. The minimum Gasteiger partial charge on any atom is -0.457 e. The van der Waals surface area contributed by atoms with E-state index in [1.165, 1.54) is 25.1 Å². The second kappa shape index (κ2) is 5.91. The molecule has 0 spiro atoms. The van der Waals surface area contributed by atoms with Crippen molar-refractivity contribution < 1.29 is 18.3 Å². The average molecular weight is 291 g/mol. The Morgan fingerprint density at radius 3 is 2.52 bits per heavy atom. The highest BCUT2D eigenvalue weighted by Gasteiger charge is 2.13. The number of halogens is 2. The lowest BCUT2D eigenvalue weighted by Crippen LogP contribution is -2.08. The van der Waals surface area contributed by atoms with Gasteiger partial charge in [-0.3, -0.25) is 0 Å². The molecule has 0 aromatic heterocycles. The third-order valence-corrected chi connectivity index (χ3v) is 3.28. The van der Waals surface area contributed by atoms with Gasteiger partial charge in [-0.15, -0.1) is 0 Å². The molecule has 0 radical (unpaired) electrons. The summed E-state index contributed by atoms with van der Waals surface area (Å²) in [5, 5.41) is 0. The Bertz CT molecular complexity index is 676. The number of benzene rings is 2. The summed E-state index contributed by atoms with van der Waals surface area (Å²) in [5.74, 6) is -1.58. The SMILES string of the molecule is Cc1cc(F)ccc1COC(=O)c1cc(N)c(C)c(F)c1. The van der Waals surface area contributed by atoms with Crippen molar-refractivity contribution in [3.05, 3.63) is 64.2 Å². The zero-order valence-electron chi connectivity index (χ0n) is 11.7. The van der Waals surface area contributed by atoms with Gasteiger partial charge < -0.3 is 10.5 Å². The van der Waals surface area contributed by atoms with Gasteiger partial charge in [0.05, 0.1) is 5.56 Å². The van der Waals surface area contributed by atoms with Gasteiger partial charge >= 0.3 is 5.97 Å². The normalized spacial score (nSPS) is 10.5. The minimum absolute atomic E-state index is 0.0135. The number of hydrogen-bond acceptors (Lipinski definition) is 3. The quantitative estimate of drug-likeness (QED) is 0.695. The van der Waals surface area contributed by atoms with Gasteiger partial charge in [-0.2, -0.15) is 0 Å². The van der Waals surface area contributed by atoms with Crippen LogP contribution in [0.3, 0.4) is 0 Å². The number of ether oxygens (including phenoxy) is 1. The van der Waals surface area contributed by atoms with Gasteiger partial charge in [0.2, 0.25) is 0 Å². The first kappa shape index (κ1) is 15.0. The van der Waals surface area contributed by atoms with Crippen LogP contribution in [0, 0.1) is 25.5 Å². The number of rotatable bonds is 3. The highest BCUT2D eigenvalue weighted by molar-refractivity contribution is 5.90. The third kappa shape index (κ3) is 3.37. The fourth-order valence-corrected chi connectivity index (χ4v) is 1.87. The molecular formula is C16H15F2NO2. The Labute approximate surface area is 121 Å². The summed E-state index contributed by atoms with van der Waals surface area (Å²) in [4.78, 5) is 11.9. The average Bonchev–Trinajstić information content (AvgIpc) is 2.43. The minimum atomic E-state index is -0.677. The maximum Gasteiger partial charge on any atom is 0.338 e. The van der Waals surface area contributed by atoms with Gasteiger partial charge in [0.1, 0.15) is 18.2 Å². The number of anilines is 1. The molecule has 3 nitrogen and oxygen atoms in total. The summed E-state index contributed by atoms with van der Waals surface area (Å²) in [6.45, 7) is 3.23. The maximum absolute atomic E-state index is 13.5. The predicted octanol–water partition coefficient (Wildman–Crippen LogP) is 3.52. The van der Waals surface area contributed by atoms with E-state index in [1.54, 1.807) is 13.0 Å². The molecule has 2 aromatic carbocycles. The Hall–Kier alpha value is -2.43. The number of esters is 1. The van der Waals surface area contributed by atoms with Crippen LogP contribution < -0.4 is 5.73 Å². The van der Waals surface area contributed by atoms with Crippen molar-refractivity contribution in [3.8, 4) is 0 Å². The fourth-order valence-electron chi connectivity index (χ4n) is 1.87. The van der Waals surface area contributed by atoms with Crippen molar-refractivity contribution in [2.45, 2.75) is 20.5 Å². The lowest BCUT2D eigenvalue weighted by molar-refractivity contribution is 0.0471. The first-order chi connectivity index (χ1) is 9.88. The lowest BCUT2D eigenvalue weighted by Gasteiger charge is -2.09. The van der Waals surface area contributed by atoms with E-state index in [4.69, 9.17) is 10.5 Å². The second-order valence-corrected chi connectivity index (χ2v) is 4.82. The summed E-state index contributed by atoms with van der Waals surface area (Å²) in [5.41, 5.74) is 7.52. The molecule has 0 saturated heterocycles. The smallest absolute Gasteiger partial charge is 0.338 e. The molecule has 0 amide bonds. The van der Waals surface area contributed by atoms with E-state index in [1.807, 2.05) is 0 Å². The molecule has 21 heavy (non-hydrogen) atoms. The molecule has 110 valence electrons. The molecule has 2 N–H and O–H groups in total. The highest BCUT2D eigenvalue weighted by Crippen LogP contribution is 2.19. The van der Waals surface area contributed by atoms with E-state index in [9.17, 15) is 13.6 Å². The van der Waals surface area contributed by atoms with Crippen molar-refractivity contribution in [1.82, 2.24) is 0 Å². The van der Waals surface area contributed by atoms with Crippen LogP contribution in [0.25, 0.3) is 0 Å². The number of carbonyl (C=O) groups excluding carboxylic acids is 1. The summed E-state index contributed by atoms with van der Waals surface area (Å²) in [7, 11) is 0. The van der Waals surface area contributed by atoms with Crippen LogP contribution in [0.2, 0.25) is 0 Å². The monoisotopic (exact) mass is 291 g/mol. The van der Waals surface area contributed by atoms with Crippen molar-refractivity contribution in [1.29, 1.82) is 0 Å². The number of hydrogen-bond donors (Lipinski definition) is 1. The number of aryl methyl sites for hydroxylation is 1. The van der Waals surface area contributed by atoms with E-state index in [2.05, 4.69) is 0 Å². The van der Waals surface area contributed by atoms with Gasteiger partial charge in [-0.05, 0) is 49.2 Å². The van der Waals surface area contributed by atoms with Crippen LogP contribution in [0.4, 0.5) is 14.5 Å². The third-order valence-electron chi connectivity index (χ3n) is 3.28.